The lowest BCUT2D eigenvalue weighted by Gasteiger charge is -2.30. The van der Waals surface area contributed by atoms with E-state index in [0.29, 0.717) is 0 Å². The molecule has 88 valence electrons. The van der Waals surface area contributed by atoms with Crippen LogP contribution in [0.2, 0.25) is 0 Å². The molecular weight excluding hydrogens is 200 g/mol. The molecule has 3 nitrogen and oxygen atoms in total. The summed E-state index contributed by atoms with van der Waals surface area (Å²) in [5, 5.41) is 0. The molecule has 1 aliphatic rings. The van der Waals surface area contributed by atoms with Gasteiger partial charge < -0.3 is 9.80 Å². The number of hydrogen-bond acceptors (Lipinski definition) is 2. The molecule has 1 rings (SSSR count). The van der Waals surface area contributed by atoms with Crippen LogP contribution in [0.15, 0.2) is 35.8 Å². The molecular formula is C13H20N2O. The van der Waals surface area contributed by atoms with Crippen molar-refractivity contribution in [3.63, 3.8) is 0 Å². The fraction of sp³-hybridized carbons (Fsp3) is 0.462. The van der Waals surface area contributed by atoms with Gasteiger partial charge in [-0.25, -0.2) is 0 Å². The standard InChI is InChI=1S/C13H20N2O/c1-5-6-7-8-9-12-13(16)14(3)10-11(2)15(12)4/h7-10H,5-6H2,1-4H3/b8-7-,12-9-. The molecule has 0 N–H and O–H groups in total. The van der Waals surface area contributed by atoms with E-state index in [1.54, 1.807) is 11.9 Å². The van der Waals surface area contributed by atoms with Gasteiger partial charge in [-0.3, -0.25) is 4.79 Å². The van der Waals surface area contributed by atoms with Crippen molar-refractivity contribution in [2.75, 3.05) is 14.1 Å². The lowest BCUT2D eigenvalue weighted by Crippen LogP contribution is -2.36. The first-order chi connectivity index (χ1) is 7.57. The Labute approximate surface area is 97.7 Å². The highest BCUT2D eigenvalue weighted by atomic mass is 16.2. The fourth-order valence-corrected chi connectivity index (χ4v) is 1.54. The third-order valence-corrected chi connectivity index (χ3v) is 2.66. The predicted molar refractivity (Wildman–Crippen MR) is 66.4 cm³/mol. The van der Waals surface area contributed by atoms with Gasteiger partial charge in [0.25, 0.3) is 5.91 Å². The van der Waals surface area contributed by atoms with Crippen molar-refractivity contribution >= 4 is 5.91 Å². The third kappa shape index (κ3) is 2.75. The monoisotopic (exact) mass is 220 g/mol. The van der Waals surface area contributed by atoms with Gasteiger partial charge in [-0.05, 0) is 19.4 Å². The lowest BCUT2D eigenvalue weighted by molar-refractivity contribution is -0.125. The van der Waals surface area contributed by atoms with Gasteiger partial charge in [0.1, 0.15) is 5.70 Å². The summed E-state index contributed by atoms with van der Waals surface area (Å²) in [4.78, 5) is 15.4. The molecule has 0 fully saturated rings. The summed E-state index contributed by atoms with van der Waals surface area (Å²) < 4.78 is 0. The summed E-state index contributed by atoms with van der Waals surface area (Å²) in [6, 6.07) is 0. The van der Waals surface area contributed by atoms with E-state index in [1.807, 2.05) is 37.2 Å². The summed E-state index contributed by atoms with van der Waals surface area (Å²) >= 11 is 0. The summed E-state index contributed by atoms with van der Waals surface area (Å²) in [6.07, 6.45) is 9.94. The van der Waals surface area contributed by atoms with E-state index >= 15 is 0 Å². The molecule has 0 aromatic rings. The van der Waals surface area contributed by atoms with Gasteiger partial charge in [-0.2, -0.15) is 0 Å². The molecule has 0 bridgehead atoms. The van der Waals surface area contributed by atoms with Crippen molar-refractivity contribution in [2.24, 2.45) is 0 Å². The van der Waals surface area contributed by atoms with Crippen LogP contribution in [0.4, 0.5) is 0 Å². The summed E-state index contributed by atoms with van der Waals surface area (Å²) in [7, 11) is 3.69. The maximum atomic E-state index is 11.9. The second-order valence-corrected chi connectivity index (χ2v) is 4.01. The number of carbonyl (C=O) groups is 1. The van der Waals surface area contributed by atoms with Gasteiger partial charge in [0.05, 0.1) is 0 Å². The second-order valence-electron chi connectivity index (χ2n) is 4.01. The van der Waals surface area contributed by atoms with Crippen molar-refractivity contribution in [3.05, 3.63) is 35.8 Å². The molecule has 0 aromatic carbocycles. The SMILES string of the molecule is CCC/C=C\C=C1\C(=O)N(C)C=C(C)N1C. The van der Waals surface area contributed by atoms with Crippen molar-refractivity contribution < 1.29 is 4.79 Å². The van der Waals surface area contributed by atoms with Crippen LogP contribution in [0, 0.1) is 0 Å². The Kier molecular flexibility index (Phi) is 4.35. The molecule has 0 aliphatic carbocycles. The molecule has 1 aliphatic heterocycles. The number of likely N-dealkylation sites (N-methyl/N-ethyl adjacent to an activating group) is 2. The first kappa shape index (κ1) is 12.6. The number of hydrogen-bond donors (Lipinski definition) is 0. The first-order valence-electron chi connectivity index (χ1n) is 5.64. The minimum Gasteiger partial charge on any atom is -0.343 e. The van der Waals surface area contributed by atoms with Gasteiger partial charge in [0, 0.05) is 26.0 Å². The van der Waals surface area contributed by atoms with Crippen LogP contribution in [-0.4, -0.2) is 29.8 Å². The van der Waals surface area contributed by atoms with Crippen LogP contribution in [0.25, 0.3) is 0 Å². The van der Waals surface area contributed by atoms with Crippen LogP contribution in [-0.2, 0) is 4.79 Å². The van der Waals surface area contributed by atoms with Crippen molar-refractivity contribution in [1.29, 1.82) is 0 Å². The van der Waals surface area contributed by atoms with Gasteiger partial charge in [0.15, 0.2) is 0 Å². The molecule has 16 heavy (non-hydrogen) atoms. The topological polar surface area (TPSA) is 23.6 Å². The van der Waals surface area contributed by atoms with Crippen LogP contribution in [0.5, 0.6) is 0 Å². The van der Waals surface area contributed by atoms with Gasteiger partial charge in [-0.15, -0.1) is 0 Å². The Morgan fingerprint density at radius 1 is 1.38 bits per heavy atom. The molecule has 0 saturated carbocycles. The Bertz CT molecular complexity index is 353. The molecule has 1 amide bonds. The largest absolute Gasteiger partial charge is 0.343 e. The fourth-order valence-electron chi connectivity index (χ4n) is 1.54. The second kappa shape index (κ2) is 5.54. The van der Waals surface area contributed by atoms with E-state index in [2.05, 4.69) is 13.0 Å². The van der Waals surface area contributed by atoms with Crippen LogP contribution in [0.1, 0.15) is 26.7 Å². The first-order valence-corrected chi connectivity index (χ1v) is 5.64. The number of nitrogens with zero attached hydrogens (tertiary/aromatic N) is 2. The van der Waals surface area contributed by atoms with E-state index < -0.39 is 0 Å². The summed E-state index contributed by atoms with van der Waals surface area (Å²) in [6.45, 7) is 4.13. The summed E-state index contributed by atoms with van der Waals surface area (Å²) in [5.41, 5.74) is 1.78. The molecule has 0 atom stereocenters. The normalized spacial score (nSPS) is 19.9. The van der Waals surface area contributed by atoms with E-state index in [1.165, 1.54) is 0 Å². The maximum Gasteiger partial charge on any atom is 0.274 e. The Morgan fingerprint density at radius 3 is 2.69 bits per heavy atom. The molecule has 0 radical (unpaired) electrons. The van der Waals surface area contributed by atoms with Gasteiger partial charge in [-0.1, -0.05) is 25.5 Å². The van der Waals surface area contributed by atoms with Gasteiger partial charge in [0.2, 0.25) is 0 Å². The van der Waals surface area contributed by atoms with Crippen LogP contribution < -0.4 is 0 Å². The number of rotatable bonds is 3. The van der Waals surface area contributed by atoms with Crippen LogP contribution >= 0.6 is 0 Å². The Morgan fingerprint density at radius 2 is 2.06 bits per heavy atom. The molecule has 3 heteroatoms. The average molecular weight is 220 g/mol. The van der Waals surface area contributed by atoms with E-state index in [4.69, 9.17) is 0 Å². The van der Waals surface area contributed by atoms with Gasteiger partial charge >= 0.3 is 0 Å². The number of carbonyl (C=O) groups excluding carboxylic acids is 1. The molecule has 0 spiro atoms. The molecule has 1 heterocycles. The highest BCUT2D eigenvalue weighted by molar-refractivity contribution is 5.94. The lowest BCUT2D eigenvalue weighted by atomic mass is 10.2. The minimum atomic E-state index is 0.0363. The smallest absolute Gasteiger partial charge is 0.274 e. The van der Waals surface area contributed by atoms with Crippen molar-refractivity contribution in [3.8, 4) is 0 Å². The number of allylic oxidation sites excluding steroid dienone is 4. The highest BCUT2D eigenvalue weighted by Crippen LogP contribution is 2.18. The van der Waals surface area contributed by atoms with E-state index in [0.717, 1.165) is 24.2 Å². The quantitative estimate of drug-likeness (QED) is 0.682. The summed E-state index contributed by atoms with van der Waals surface area (Å²) in [5.74, 6) is 0.0363. The molecule has 0 saturated heterocycles. The Balaban J connectivity index is 2.86. The van der Waals surface area contributed by atoms with E-state index in [9.17, 15) is 4.79 Å². The number of amides is 1. The molecule has 0 unspecified atom stereocenters. The number of unbranched alkanes of at least 4 members (excludes halogenated alkanes) is 1. The van der Waals surface area contributed by atoms with Crippen LogP contribution in [0.3, 0.4) is 0 Å². The van der Waals surface area contributed by atoms with E-state index in [-0.39, 0.29) is 5.91 Å². The highest BCUT2D eigenvalue weighted by Gasteiger charge is 2.22. The zero-order valence-corrected chi connectivity index (χ0v) is 10.5. The average Bonchev–Trinajstić information content (AvgIpc) is 2.25. The Hall–Kier alpha value is -1.51. The predicted octanol–water partition coefficient (Wildman–Crippen LogP) is 2.49. The van der Waals surface area contributed by atoms with Crippen molar-refractivity contribution in [2.45, 2.75) is 26.7 Å². The minimum absolute atomic E-state index is 0.0363. The maximum absolute atomic E-state index is 11.9. The third-order valence-electron chi connectivity index (χ3n) is 2.66. The molecule has 0 aromatic heterocycles. The van der Waals surface area contributed by atoms with Crippen molar-refractivity contribution in [1.82, 2.24) is 9.80 Å². The zero-order valence-electron chi connectivity index (χ0n) is 10.5. The zero-order chi connectivity index (χ0) is 12.1.